The smallest absolute Gasteiger partial charge is 0.364 e. The van der Waals surface area contributed by atoms with Gasteiger partial charge in [0.25, 0.3) is 0 Å². The molecule has 0 amide bonds. The van der Waals surface area contributed by atoms with Crippen molar-refractivity contribution in [1.82, 2.24) is 19.5 Å². The van der Waals surface area contributed by atoms with Gasteiger partial charge >= 0.3 is 11.7 Å². The van der Waals surface area contributed by atoms with E-state index in [1.165, 1.54) is 29.1 Å². The number of anilines is 1. The molecule has 0 spiro atoms. The van der Waals surface area contributed by atoms with Crippen LogP contribution in [0.4, 0.5) is 15.9 Å². The van der Waals surface area contributed by atoms with Gasteiger partial charge in [-0.2, -0.15) is 9.97 Å². The molecule has 2 aromatic heterocycles. The second-order valence-electron chi connectivity index (χ2n) is 6.83. The first-order chi connectivity index (χ1) is 15.0. The van der Waals surface area contributed by atoms with Gasteiger partial charge in [-0.05, 0) is 31.9 Å². The SMILES string of the molecule is CCOC(=O)c1nc(-n2cnc3ccc(F)cc32)nc(NC2CCOCC2)c1[N+](=O)[O-]. The molecule has 3 heterocycles. The van der Waals surface area contributed by atoms with Gasteiger partial charge in [-0.25, -0.2) is 14.2 Å². The Hall–Kier alpha value is -3.67. The van der Waals surface area contributed by atoms with E-state index in [-0.39, 0.29) is 24.4 Å². The summed E-state index contributed by atoms with van der Waals surface area (Å²) in [6, 6.07) is 3.85. The number of halogens is 1. The first-order valence-electron chi connectivity index (χ1n) is 9.68. The fourth-order valence-corrected chi connectivity index (χ4v) is 3.34. The Bertz CT molecular complexity index is 1140. The number of aromatic nitrogens is 4. The fraction of sp³-hybridized carbons (Fsp3) is 0.368. The average molecular weight is 430 g/mol. The number of fused-ring (bicyclic) bond motifs is 1. The van der Waals surface area contributed by atoms with Gasteiger partial charge < -0.3 is 14.8 Å². The van der Waals surface area contributed by atoms with Crippen molar-refractivity contribution in [3.05, 3.63) is 46.2 Å². The Labute approximate surface area is 175 Å². The van der Waals surface area contributed by atoms with Crippen LogP contribution in [0.1, 0.15) is 30.3 Å². The minimum Gasteiger partial charge on any atom is -0.461 e. The van der Waals surface area contributed by atoms with E-state index in [1.807, 2.05) is 0 Å². The number of nitro groups is 1. The molecule has 3 aromatic rings. The van der Waals surface area contributed by atoms with Crippen molar-refractivity contribution >= 4 is 28.5 Å². The van der Waals surface area contributed by atoms with Gasteiger partial charge in [-0.1, -0.05) is 0 Å². The molecule has 1 aliphatic heterocycles. The number of nitrogens with zero attached hydrogens (tertiary/aromatic N) is 5. The maximum Gasteiger partial charge on any atom is 0.364 e. The highest BCUT2D eigenvalue weighted by Gasteiger charge is 2.32. The van der Waals surface area contributed by atoms with Crippen molar-refractivity contribution in [2.75, 3.05) is 25.1 Å². The van der Waals surface area contributed by atoms with Gasteiger partial charge in [-0.15, -0.1) is 0 Å². The Kier molecular flexibility index (Phi) is 5.71. The molecule has 1 fully saturated rings. The van der Waals surface area contributed by atoms with E-state index < -0.39 is 28.1 Å². The number of nitrogens with one attached hydrogen (secondary N) is 1. The van der Waals surface area contributed by atoms with Crippen molar-refractivity contribution in [3.63, 3.8) is 0 Å². The zero-order chi connectivity index (χ0) is 22.0. The number of ether oxygens (including phenoxy) is 2. The lowest BCUT2D eigenvalue weighted by Gasteiger charge is -2.23. The van der Waals surface area contributed by atoms with Crippen LogP contribution < -0.4 is 5.32 Å². The van der Waals surface area contributed by atoms with Crippen LogP contribution >= 0.6 is 0 Å². The number of rotatable bonds is 6. The van der Waals surface area contributed by atoms with Gasteiger partial charge in [-0.3, -0.25) is 14.7 Å². The van der Waals surface area contributed by atoms with Crippen LogP contribution in [0.15, 0.2) is 24.5 Å². The predicted molar refractivity (Wildman–Crippen MR) is 107 cm³/mol. The number of hydrogen-bond acceptors (Lipinski definition) is 9. The van der Waals surface area contributed by atoms with E-state index in [0.717, 1.165) is 0 Å². The van der Waals surface area contributed by atoms with Crippen molar-refractivity contribution < 1.29 is 23.6 Å². The predicted octanol–water partition coefficient (Wildman–Crippen LogP) is 2.63. The summed E-state index contributed by atoms with van der Waals surface area (Å²) in [7, 11) is 0. The van der Waals surface area contributed by atoms with Gasteiger partial charge in [0.15, 0.2) is 0 Å². The maximum atomic E-state index is 13.8. The van der Waals surface area contributed by atoms with Gasteiger partial charge in [0.05, 0.1) is 22.6 Å². The minimum absolute atomic E-state index is 0.0112. The Balaban J connectivity index is 1.89. The van der Waals surface area contributed by atoms with Crippen LogP contribution in [0, 0.1) is 15.9 Å². The van der Waals surface area contributed by atoms with Gasteiger partial charge in [0, 0.05) is 25.3 Å². The third-order valence-electron chi connectivity index (χ3n) is 4.81. The fourth-order valence-electron chi connectivity index (χ4n) is 3.34. The average Bonchev–Trinajstić information content (AvgIpc) is 3.17. The van der Waals surface area contributed by atoms with E-state index in [4.69, 9.17) is 9.47 Å². The molecule has 31 heavy (non-hydrogen) atoms. The number of hydrogen-bond donors (Lipinski definition) is 1. The molecule has 0 bridgehead atoms. The molecule has 0 aliphatic carbocycles. The van der Waals surface area contributed by atoms with Crippen molar-refractivity contribution in [2.45, 2.75) is 25.8 Å². The Morgan fingerprint density at radius 1 is 1.39 bits per heavy atom. The molecule has 0 unspecified atom stereocenters. The summed E-state index contributed by atoms with van der Waals surface area (Å²) < 4.78 is 25.5. The minimum atomic E-state index is -0.955. The quantitative estimate of drug-likeness (QED) is 0.356. The van der Waals surface area contributed by atoms with Gasteiger partial charge in [0.1, 0.15) is 12.1 Å². The Morgan fingerprint density at radius 3 is 2.87 bits per heavy atom. The Morgan fingerprint density at radius 2 is 2.16 bits per heavy atom. The van der Waals surface area contributed by atoms with Crippen LogP contribution in [0.25, 0.3) is 17.0 Å². The first-order valence-corrected chi connectivity index (χ1v) is 9.68. The highest BCUT2D eigenvalue weighted by atomic mass is 19.1. The summed E-state index contributed by atoms with van der Waals surface area (Å²) in [5, 5.41) is 14.9. The molecule has 1 aromatic carbocycles. The summed E-state index contributed by atoms with van der Waals surface area (Å²) in [6.07, 6.45) is 2.59. The van der Waals surface area contributed by atoms with Crippen LogP contribution in [0.3, 0.4) is 0 Å². The van der Waals surface area contributed by atoms with Crippen molar-refractivity contribution in [1.29, 1.82) is 0 Å². The second-order valence-corrected chi connectivity index (χ2v) is 6.83. The van der Waals surface area contributed by atoms with E-state index in [1.54, 1.807) is 6.92 Å². The van der Waals surface area contributed by atoms with Crippen molar-refractivity contribution in [3.8, 4) is 5.95 Å². The monoisotopic (exact) mass is 430 g/mol. The third kappa shape index (κ3) is 4.14. The maximum absolute atomic E-state index is 13.8. The summed E-state index contributed by atoms with van der Waals surface area (Å²) in [5.41, 5.74) is -0.255. The number of carbonyl (C=O) groups excluding carboxylic acids is 1. The van der Waals surface area contributed by atoms with E-state index in [2.05, 4.69) is 20.3 Å². The summed E-state index contributed by atoms with van der Waals surface area (Å²) >= 11 is 0. The molecule has 0 atom stereocenters. The highest BCUT2D eigenvalue weighted by Crippen LogP contribution is 2.30. The number of carbonyl (C=O) groups is 1. The standard InChI is InChI=1S/C19H19FN6O5/c1-2-31-18(27)15-16(26(28)29)17(22-12-5-7-30-8-6-12)24-19(23-15)25-10-21-13-4-3-11(20)9-14(13)25/h3-4,9-10,12H,2,5-8H2,1H3,(H,22,23,24). The molecule has 162 valence electrons. The third-order valence-corrected chi connectivity index (χ3v) is 4.81. The van der Waals surface area contributed by atoms with Crippen LogP contribution in [-0.4, -0.2) is 56.3 Å². The lowest BCUT2D eigenvalue weighted by Crippen LogP contribution is -2.29. The zero-order valence-electron chi connectivity index (χ0n) is 16.6. The lowest BCUT2D eigenvalue weighted by atomic mass is 10.1. The largest absolute Gasteiger partial charge is 0.461 e. The summed E-state index contributed by atoms with van der Waals surface area (Å²) in [5.74, 6) is -1.65. The number of imidazole rings is 1. The summed E-state index contributed by atoms with van der Waals surface area (Å²) in [6.45, 7) is 2.59. The normalized spacial score (nSPS) is 14.5. The number of esters is 1. The molecule has 1 N–H and O–H groups in total. The van der Waals surface area contributed by atoms with Gasteiger partial charge in [0.2, 0.25) is 17.5 Å². The highest BCUT2D eigenvalue weighted by molar-refractivity contribution is 5.94. The van der Waals surface area contributed by atoms with E-state index in [9.17, 15) is 19.3 Å². The van der Waals surface area contributed by atoms with Crippen LogP contribution in [-0.2, 0) is 9.47 Å². The molecular formula is C19H19FN6O5. The molecular weight excluding hydrogens is 411 g/mol. The molecule has 0 radical (unpaired) electrons. The molecule has 1 aliphatic rings. The van der Waals surface area contributed by atoms with E-state index in [0.29, 0.717) is 37.1 Å². The van der Waals surface area contributed by atoms with E-state index >= 15 is 0 Å². The molecule has 12 heteroatoms. The summed E-state index contributed by atoms with van der Waals surface area (Å²) in [4.78, 5) is 36.2. The lowest BCUT2D eigenvalue weighted by molar-refractivity contribution is -0.384. The zero-order valence-corrected chi connectivity index (χ0v) is 16.6. The van der Waals surface area contributed by atoms with Crippen LogP contribution in [0.2, 0.25) is 0 Å². The molecule has 0 saturated carbocycles. The second kappa shape index (κ2) is 8.60. The van der Waals surface area contributed by atoms with Crippen molar-refractivity contribution in [2.24, 2.45) is 0 Å². The number of benzene rings is 1. The molecule has 1 saturated heterocycles. The molecule has 11 nitrogen and oxygen atoms in total. The molecule has 4 rings (SSSR count). The topological polar surface area (TPSA) is 134 Å². The first kappa shape index (κ1) is 20.6. The van der Waals surface area contributed by atoms with Crippen LogP contribution in [0.5, 0.6) is 0 Å².